The second-order valence-corrected chi connectivity index (χ2v) is 9.19. The number of hydrazone groups is 1. The molecule has 9 heteroatoms. The molecular weight excluding hydrogens is 426 g/mol. The SMILES string of the molecule is COc1cc(/C=C/C(=O)OCC(=O)N/N=C2\CC3CCC2(C)C3(C)C)ccc1OCC(N)=O. The second kappa shape index (κ2) is 9.64. The number of carbonyl (C=O) groups excluding carboxylic acids is 3. The Balaban J connectivity index is 1.49. The summed E-state index contributed by atoms with van der Waals surface area (Å²) in [6, 6.07) is 4.89. The molecule has 9 nitrogen and oxygen atoms in total. The van der Waals surface area contributed by atoms with E-state index in [-0.39, 0.29) is 17.4 Å². The lowest BCUT2D eigenvalue weighted by molar-refractivity contribution is -0.143. The Hall–Kier alpha value is -3.36. The molecule has 33 heavy (non-hydrogen) atoms. The summed E-state index contributed by atoms with van der Waals surface area (Å²) in [7, 11) is 1.45. The normalized spacial score (nSPS) is 24.1. The van der Waals surface area contributed by atoms with Gasteiger partial charge in [0.05, 0.1) is 7.11 Å². The number of carbonyl (C=O) groups is 3. The number of nitrogens with one attached hydrogen (secondary N) is 1. The zero-order valence-corrected chi connectivity index (χ0v) is 19.5. The van der Waals surface area contributed by atoms with Gasteiger partial charge in [0.15, 0.2) is 24.7 Å². The fourth-order valence-electron chi connectivity index (χ4n) is 4.66. The highest BCUT2D eigenvalue weighted by Gasteiger charge is 2.60. The highest BCUT2D eigenvalue weighted by molar-refractivity contribution is 5.95. The van der Waals surface area contributed by atoms with Crippen LogP contribution in [-0.4, -0.2) is 43.8 Å². The molecule has 0 heterocycles. The standard InChI is InChI=1S/C24H31N3O6/c1-23(2)16-9-10-24(23,3)19(12-16)26-27-21(29)14-33-22(30)8-6-15-5-7-17(18(11-15)31-4)32-13-20(25)28/h5-8,11,16H,9-10,12-14H2,1-4H3,(H2,25,28)(H,27,29)/b8-6+,26-19+. The Morgan fingerprint density at radius 1 is 1.21 bits per heavy atom. The van der Waals surface area contributed by atoms with E-state index in [0.29, 0.717) is 23.0 Å². The minimum atomic E-state index is -0.668. The molecule has 2 aliphatic carbocycles. The smallest absolute Gasteiger partial charge is 0.331 e. The van der Waals surface area contributed by atoms with Gasteiger partial charge in [0.1, 0.15) is 0 Å². The maximum absolute atomic E-state index is 12.1. The van der Waals surface area contributed by atoms with Gasteiger partial charge >= 0.3 is 5.97 Å². The van der Waals surface area contributed by atoms with Gasteiger partial charge in [0.25, 0.3) is 11.8 Å². The molecule has 2 unspecified atom stereocenters. The van der Waals surface area contributed by atoms with Crippen molar-refractivity contribution in [1.82, 2.24) is 5.43 Å². The number of ether oxygens (including phenoxy) is 3. The lowest BCUT2D eigenvalue weighted by atomic mass is 9.70. The molecule has 2 bridgehead atoms. The van der Waals surface area contributed by atoms with Crippen molar-refractivity contribution >= 4 is 29.6 Å². The number of amides is 2. The van der Waals surface area contributed by atoms with E-state index in [1.807, 2.05) is 0 Å². The summed E-state index contributed by atoms with van der Waals surface area (Å²) in [5.41, 5.74) is 9.41. The van der Waals surface area contributed by atoms with Crippen LogP contribution in [0.15, 0.2) is 29.4 Å². The average molecular weight is 458 g/mol. The first-order chi connectivity index (χ1) is 15.6. The van der Waals surface area contributed by atoms with Crippen LogP contribution in [0.3, 0.4) is 0 Å². The Morgan fingerprint density at radius 3 is 2.58 bits per heavy atom. The molecule has 1 aromatic rings. The minimum Gasteiger partial charge on any atom is -0.493 e. The van der Waals surface area contributed by atoms with E-state index < -0.39 is 24.4 Å². The van der Waals surface area contributed by atoms with Crippen molar-refractivity contribution in [2.24, 2.45) is 27.6 Å². The summed E-state index contributed by atoms with van der Waals surface area (Å²) in [4.78, 5) is 34.9. The largest absolute Gasteiger partial charge is 0.493 e. The van der Waals surface area contributed by atoms with Gasteiger partial charge < -0.3 is 19.9 Å². The Kier molecular flexibility index (Phi) is 7.09. The molecule has 178 valence electrons. The fraction of sp³-hybridized carbons (Fsp3) is 0.500. The Labute approximate surface area is 193 Å². The van der Waals surface area contributed by atoms with Crippen LogP contribution in [0.25, 0.3) is 6.08 Å². The first kappa shape index (κ1) is 24.3. The maximum Gasteiger partial charge on any atom is 0.331 e. The highest BCUT2D eigenvalue weighted by atomic mass is 16.5. The third-order valence-electron chi connectivity index (χ3n) is 7.14. The van der Waals surface area contributed by atoms with Gasteiger partial charge in [-0.2, -0.15) is 5.10 Å². The fourth-order valence-corrected chi connectivity index (χ4v) is 4.66. The van der Waals surface area contributed by atoms with Crippen molar-refractivity contribution in [3.63, 3.8) is 0 Å². The van der Waals surface area contributed by atoms with Crippen LogP contribution in [0.1, 0.15) is 45.6 Å². The predicted molar refractivity (Wildman–Crippen MR) is 122 cm³/mol. The molecule has 0 aliphatic heterocycles. The van der Waals surface area contributed by atoms with Crippen molar-refractivity contribution in [2.45, 2.75) is 40.0 Å². The van der Waals surface area contributed by atoms with Crippen molar-refractivity contribution in [1.29, 1.82) is 0 Å². The Bertz CT molecular complexity index is 1000. The summed E-state index contributed by atoms with van der Waals surface area (Å²) in [6.45, 7) is 6.04. The van der Waals surface area contributed by atoms with Crippen molar-refractivity contribution in [3.8, 4) is 11.5 Å². The van der Waals surface area contributed by atoms with E-state index in [4.69, 9.17) is 19.9 Å². The van der Waals surface area contributed by atoms with Crippen LogP contribution in [0, 0.1) is 16.7 Å². The summed E-state index contributed by atoms with van der Waals surface area (Å²) in [5.74, 6) is -0.439. The van der Waals surface area contributed by atoms with Crippen molar-refractivity contribution in [2.75, 3.05) is 20.3 Å². The van der Waals surface area contributed by atoms with Gasteiger partial charge in [-0.3, -0.25) is 9.59 Å². The quantitative estimate of drug-likeness (QED) is 0.333. The monoisotopic (exact) mass is 457 g/mol. The number of methoxy groups -OCH3 is 1. The third kappa shape index (κ3) is 5.18. The number of primary amides is 1. The molecule has 2 aliphatic rings. The molecule has 3 rings (SSSR count). The van der Waals surface area contributed by atoms with E-state index in [1.54, 1.807) is 18.2 Å². The molecular formula is C24H31N3O6. The minimum absolute atomic E-state index is 0.00808. The number of rotatable bonds is 9. The van der Waals surface area contributed by atoms with Crippen LogP contribution in [0.5, 0.6) is 11.5 Å². The van der Waals surface area contributed by atoms with Crippen molar-refractivity contribution in [3.05, 3.63) is 29.8 Å². The number of nitrogens with two attached hydrogens (primary N) is 1. The summed E-state index contributed by atoms with van der Waals surface area (Å²) < 4.78 is 15.5. The summed E-state index contributed by atoms with van der Waals surface area (Å²) in [6.07, 6.45) is 5.87. The van der Waals surface area contributed by atoms with Crippen molar-refractivity contribution < 1.29 is 28.6 Å². The van der Waals surface area contributed by atoms with Crippen LogP contribution < -0.4 is 20.6 Å². The van der Waals surface area contributed by atoms with Gasteiger partial charge in [-0.15, -0.1) is 0 Å². The van der Waals surface area contributed by atoms with Gasteiger partial charge in [0.2, 0.25) is 0 Å². The summed E-state index contributed by atoms with van der Waals surface area (Å²) >= 11 is 0. The van der Waals surface area contributed by atoms with E-state index in [1.165, 1.54) is 25.7 Å². The molecule has 0 saturated heterocycles. The van der Waals surface area contributed by atoms with E-state index in [0.717, 1.165) is 18.6 Å². The molecule has 3 N–H and O–H groups in total. The number of hydrogen-bond donors (Lipinski definition) is 2. The van der Waals surface area contributed by atoms with Gasteiger partial charge in [-0.1, -0.05) is 26.8 Å². The number of benzene rings is 1. The predicted octanol–water partition coefficient (Wildman–Crippen LogP) is 2.43. The van der Waals surface area contributed by atoms with Gasteiger partial charge in [-0.05, 0) is 54.4 Å². The number of esters is 1. The van der Waals surface area contributed by atoms with Crippen LogP contribution in [-0.2, 0) is 19.1 Å². The highest BCUT2D eigenvalue weighted by Crippen LogP contribution is 2.63. The van der Waals surface area contributed by atoms with Gasteiger partial charge in [0, 0.05) is 17.2 Å². The Morgan fingerprint density at radius 2 is 1.97 bits per heavy atom. The molecule has 2 fully saturated rings. The van der Waals surface area contributed by atoms with Crippen LogP contribution >= 0.6 is 0 Å². The third-order valence-corrected chi connectivity index (χ3v) is 7.14. The van der Waals surface area contributed by atoms with E-state index in [2.05, 4.69) is 31.3 Å². The van der Waals surface area contributed by atoms with E-state index >= 15 is 0 Å². The zero-order chi connectivity index (χ0) is 24.2. The first-order valence-electron chi connectivity index (χ1n) is 10.9. The first-order valence-corrected chi connectivity index (χ1v) is 10.9. The zero-order valence-electron chi connectivity index (χ0n) is 19.5. The molecule has 2 amide bonds. The maximum atomic E-state index is 12.1. The number of nitrogens with zero attached hydrogens (tertiary/aromatic N) is 1. The lowest BCUT2D eigenvalue weighted by Gasteiger charge is -2.34. The average Bonchev–Trinajstić information content (AvgIpc) is 3.12. The second-order valence-electron chi connectivity index (χ2n) is 9.19. The molecule has 0 radical (unpaired) electrons. The molecule has 0 spiro atoms. The molecule has 2 atom stereocenters. The van der Waals surface area contributed by atoms with Crippen LogP contribution in [0.4, 0.5) is 0 Å². The lowest BCUT2D eigenvalue weighted by Crippen LogP contribution is -2.34. The summed E-state index contributed by atoms with van der Waals surface area (Å²) in [5, 5.41) is 4.35. The van der Waals surface area contributed by atoms with Crippen LogP contribution in [0.2, 0.25) is 0 Å². The number of fused-ring (bicyclic) bond motifs is 2. The molecule has 2 saturated carbocycles. The molecule has 1 aromatic carbocycles. The van der Waals surface area contributed by atoms with Gasteiger partial charge in [-0.25, -0.2) is 10.2 Å². The number of hydrogen-bond acceptors (Lipinski definition) is 7. The van der Waals surface area contributed by atoms with E-state index in [9.17, 15) is 14.4 Å². The topological polar surface area (TPSA) is 129 Å². The molecule has 0 aromatic heterocycles.